The van der Waals surface area contributed by atoms with E-state index in [1.807, 2.05) is 0 Å². The number of rotatable bonds is 4. The number of hydrogen-bond donors (Lipinski definition) is 1. The Balaban J connectivity index is 2.14. The SMILES string of the molecule is O=C(O)CCc1nnc(-c2ccc(C(F)(F)F)cc2)o1. The Labute approximate surface area is 111 Å². The van der Waals surface area contributed by atoms with Crippen LogP contribution < -0.4 is 0 Å². The summed E-state index contributed by atoms with van der Waals surface area (Å²) in [6.07, 6.45) is -4.49. The van der Waals surface area contributed by atoms with E-state index in [0.29, 0.717) is 5.56 Å². The van der Waals surface area contributed by atoms with Crippen molar-refractivity contribution >= 4 is 5.97 Å². The molecule has 1 aromatic carbocycles. The summed E-state index contributed by atoms with van der Waals surface area (Å²) < 4.78 is 42.4. The highest BCUT2D eigenvalue weighted by molar-refractivity contribution is 5.66. The van der Waals surface area contributed by atoms with Crippen LogP contribution in [0.4, 0.5) is 13.2 Å². The van der Waals surface area contributed by atoms with Gasteiger partial charge in [0.05, 0.1) is 12.0 Å². The Kier molecular flexibility index (Phi) is 3.73. The molecule has 0 fully saturated rings. The predicted molar refractivity (Wildman–Crippen MR) is 60.7 cm³/mol. The first-order chi connectivity index (χ1) is 9.36. The zero-order valence-corrected chi connectivity index (χ0v) is 10.0. The number of nitrogens with zero attached hydrogens (tertiary/aromatic N) is 2. The number of carbonyl (C=O) groups is 1. The van der Waals surface area contributed by atoms with Gasteiger partial charge in [0.1, 0.15) is 0 Å². The molecule has 0 spiro atoms. The molecule has 20 heavy (non-hydrogen) atoms. The van der Waals surface area contributed by atoms with E-state index in [1.54, 1.807) is 0 Å². The van der Waals surface area contributed by atoms with E-state index in [-0.39, 0.29) is 24.6 Å². The lowest BCUT2D eigenvalue weighted by Gasteiger charge is -2.05. The summed E-state index contributed by atoms with van der Waals surface area (Å²) in [4.78, 5) is 10.4. The first-order valence-electron chi connectivity index (χ1n) is 5.58. The molecular weight excluding hydrogens is 277 g/mol. The summed E-state index contributed by atoms with van der Waals surface area (Å²) >= 11 is 0. The van der Waals surface area contributed by atoms with E-state index in [1.165, 1.54) is 12.1 Å². The van der Waals surface area contributed by atoms with E-state index in [2.05, 4.69) is 10.2 Å². The van der Waals surface area contributed by atoms with Gasteiger partial charge in [0.15, 0.2) is 0 Å². The maximum atomic E-state index is 12.4. The van der Waals surface area contributed by atoms with Gasteiger partial charge in [-0.25, -0.2) is 0 Å². The normalized spacial score (nSPS) is 11.6. The highest BCUT2D eigenvalue weighted by Gasteiger charge is 2.30. The third kappa shape index (κ3) is 3.34. The minimum Gasteiger partial charge on any atom is -0.481 e. The molecule has 0 saturated carbocycles. The molecule has 0 amide bonds. The minimum atomic E-state index is -4.40. The Morgan fingerprint density at radius 3 is 2.40 bits per heavy atom. The standard InChI is InChI=1S/C12H9F3N2O3/c13-12(14,15)8-3-1-7(2-4-8)11-17-16-9(20-11)5-6-10(18)19/h1-4H,5-6H2,(H,18,19). The van der Waals surface area contributed by atoms with Crippen molar-refractivity contribution in [2.24, 2.45) is 0 Å². The van der Waals surface area contributed by atoms with Crippen LogP contribution in [0.25, 0.3) is 11.5 Å². The number of alkyl halides is 3. The minimum absolute atomic E-state index is 0.0547. The molecule has 2 rings (SSSR count). The van der Waals surface area contributed by atoms with Gasteiger partial charge in [-0.05, 0) is 24.3 Å². The van der Waals surface area contributed by atoms with Crippen LogP contribution in [0.2, 0.25) is 0 Å². The van der Waals surface area contributed by atoms with Crippen LogP contribution in [0.5, 0.6) is 0 Å². The summed E-state index contributed by atoms with van der Waals surface area (Å²) in [6, 6.07) is 4.27. The fourth-order valence-electron chi connectivity index (χ4n) is 1.49. The molecule has 0 unspecified atom stereocenters. The Morgan fingerprint density at radius 1 is 1.20 bits per heavy atom. The van der Waals surface area contributed by atoms with Gasteiger partial charge < -0.3 is 9.52 Å². The van der Waals surface area contributed by atoms with Crippen LogP contribution in [0, 0.1) is 0 Å². The molecular formula is C12H9F3N2O3. The fourth-order valence-corrected chi connectivity index (χ4v) is 1.49. The van der Waals surface area contributed by atoms with Crippen molar-refractivity contribution in [1.82, 2.24) is 10.2 Å². The summed E-state index contributed by atoms with van der Waals surface area (Å²) in [5, 5.41) is 15.8. The summed E-state index contributed by atoms with van der Waals surface area (Å²) in [7, 11) is 0. The zero-order valence-electron chi connectivity index (χ0n) is 10.0. The lowest BCUT2D eigenvalue weighted by molar-refractivity contribution is -0.138. The van der Waals surface area contributed by atoms with Gasteiger partial charge in [-0.15, -0.1) is 10.2 Å². The van der Waals surface area contributed by atoms with Gasteiger partial charge in [0, 0.05) is 12.0 Å². The van der Waals surface area contributed by atoms with E-state index >= 15 is 0 Å². The predicted octanol–water partition coefficient (Wildman–Crippen LogP) is 2.77. The van der Waals surface area contributed by atoms with Gasteiger partial charge >= 0.3 is 12.1 Å². The average Bonchev–Trinajstić information content (AvgIpc) is 2.84. The molecule has 0 bridgehead atoms. The quantitative estimate of drug-likeness (QED) is 0.935. The second-order valence-corrected chi connectivity index (χ2v) is 3.97. The number of benzene rings is 1. The lowest BCUT2D eigenvalue weighted by atomic mass is 10.1. The van der Waals surface area contributed by atoms with Crippen molar-refractivity contribution in [3.05, 3.63) is 35.7 Å². The number of carboxylic acid groups (broad SMARTS) is 1. The number of aryl methyl sites for hydroxylation is 1. The van der Waals surface area contributed by atoms with Crippen LogP contribution in [-0.4, -0.2) is 21.3 Å². The van der Waals surface area contributed by atoms with Gasteiger partial charge in [-0.3, -0.25) is 4.79 Å². The Hall–Kier alpha value is -2.38. The number of carboxylic acids is 1. The second-order valence-electron chi connectivity index (χ2n) is 3.97. The molecule has 1 aromatic heterocycles. The highest BCUT2D eigenvalue weighted by atomic mass is 19.4. The molecule has 0 aliphatic rings. The van der Waals surface area contributed by atoms with Crippen molar-refractivity contribution in [3.63, 3.8) is 0 Å². The molecule has 1 N–H and O–H groups in total. The van der Waals surface area contributed by atoms with E-state index in [0.717, 1.165) is 12.1 Å². The van der Waals surface area contributed by atoms with Crippen LogP contribution in [-0.2, 0) is 17.4 Å². The smallest absolute Gasteiger partial charge is 0.416 e. The monoisotopic (exact) mass is 286 g/mol. The van der Waals surface area contributed by atoms with Crippen molar-refractivity contribution < 1.29 is 27.5 Å². The topological polar surface area (TPSA) is 76.2 Å². The maximum Gasteiger partial charge on any atom is 0.416 e. The van der Waals surface area contributed by atoms with Gasteiger partial charge in [-0.1, -0.05) is 0 Å². The Bertz CT molecular complexity index is 605. The van der Waals surface area contributed by atoms with Crippen molar-refractivity contribution in [2.45, 2.75) is 19.0 Å². The molecule has 8 heteroatoms. The molecule has 106 valence electrons. The largest absolute Gasteiger partial charge is 0.481 e. The van der Waals surface area contributed by atoms with Crippen molar-refractivity contribution in [2.75, 3.05) is 0 Å². The first-order valence-corrected chi connectivity index (χ1v) is 5.58. The molecule has 2 aromatic rings. The molecule has 1 heterocycles. The number of aromatic nitrogens is 2. The van der Waals surface area contributed by atoms with Gasteiger partial charge in [0.25, 0.3) is 0 Å². The van der Waals surface area contributed by atoms with Gasteiger partial charge in [0.2, 0.25) is 11.8 Å². The number of aliphatic carboxylic acids is 1. The van der Waals surface area contributed by atoms with E-state index in [4.69, 9.17) is 9.52 Å². The molecule has 0 aliphatic heterocycles. The molecule has 0 saturated heterocycles. The van der Waals surface area contributed by atoms with E-state index < -0.39 is 17.7 Å². The highest BCUT2D eigenvalue weighted by Crippen LogP contribution is 2.30. The average molecular weight is 286 g/mol. The molecule has 5 nitrogen and oxygen atoms in total. The summed E-state index contributed by atoms with van der Waals surface area (Å²) in [5.74, 6) is -0.819. The van der Waals surface area contributed by atoms with Crippen molar-refractivity contribution in [1.29, 1.82) is 0 Å². The molecule has 0 radical (unpaired) electrons. The zero-order chi connectivity index (χ0) is 14.8. The van der Waals surface area contributed by atoms with Crippen LogP contribution in [0.1, 0.15) is 17.9 Å². The number of halogens is 3. The summed E-state index contributed by atoms with van der Waals surface area (Å²) in [5.41, 5.74) is -0.432. The number of hydrogen-bond acceptors (Lipinski definition) is 4. The van der Waals surface area contributed by atoms with Crippen molar-refractivity contribution in [3.8, 4) is 11.5 Å². The summed E-state index contributed by atoms with van der Waals surface area (Å²) in [6.45, 7) is 0. The van der Waals surface area contributed by atoms with Gasteiger partial charge in [-0.2, -0.15) is 13.2 Å². The van der Waals surface area contributed by atoms with Crippen LogP contribution in [0.3, 0.4) is 0 Å². The second kappa shape index (κ2) is 5.32. The van der Waals surface area contributed by atoms with Crippen LogP contribution in [0.15, 0.2) is 28.7 Å². The van der Waals surface area contributed by atoms with Crippen LogP contribution >= 0.6 is 0 Å². The Morgan fingerprint density at radius 2 is 1.85 bits per heavy atom. The third-order valence-corrected chi connectivity index (χ3v) is 2.48. The molecule has 0 atom stereocenters. The first kappa shape index (κ1) is 14.0. The molecule has 0 aliphatic carbocycles. The lowest BCUT2D eigenvalue weighted by Crippen LogP contribution is -2.03. The van der Waals surface area contributed by atoms with E-state index in [9.17, 15) is 18.0 Å². The fraction of sp³-hybridized carbons (Fsp3) is 0.250. The maximum absolute atomic E-state index is 12.4. The third-order valence-electron chi connectivity index (χ3n) is 2.48.